The average Bonchev–Trinajstić information content (AvgIpc) is 2.36. The number of nitrogens with zero attached hydrogens (tertiary/aromatic N) is 1. The van der Waals surface area contributed by atoms with Crippen molar-refractivity contribution in [2.75, 3.05) is 0 Å². The fourth-order valence-electron chi connectivity index (χ4n) is 2.07. The SMILES string of the molecule is C=C(N=C(N)N)C1=Cc2cccc(C)c2O[C@@H]1C(F)(F)F. The number of nitrogens with two attached hydrogens (primary N) is 2. The van der Waals surface area contributed by atoms with E-state index >= 15 is 0 Å². The maximum absolute atomic E-state index is 13.2. The second kappa shape index (κ2) is 5.16. The number of hydrogen-bond acceptors (Lipinski definition) is 2. The molecule has 0 saturated heterocycles. The van der Waals surface area contributed by atoms with Crippen LogP contribution in [0.4, 0.5) is 13.2 Å². The maximum Gasteiger partial charge on any atom is 0.429 e. The lowest BCUT2D eigenvalue weighted by Crippen LogP contribution is -2.38. The van der Waals surface area contributed by atoms with Crippen LogP contribution in [0.15, 0.2) is 41.0 Å². The highest BCUT2D eigenvalue weighted by Gasteiger charge is 2.47. The molecule has 0 bridgehead atoms. The Labute approximate surface area is 119 Å². The van der Waals surface area contributed by atoms with E-state index in [2.05, 4.69) is 11.6 Å². The van der Waals surface area contributed by atoms with Gasteiger partial charge in [-0.2, -0.15) is 13.2 Å². The van der Waals surface area contributed by atoms with Crippen molar-refractivity contribution in [2.24, 2.45) is 16.5 Å². The van der Waals surface area contributed by atoms with Gasteiger partial charge >= 0.3 is 6.18 Å². The fourth-order valence-corrected chi connectivity index (χ4v) is 2.07. The highest BCUT2D eigenvalue weighted by atomic mass is 19.4. The number of fused-ring (bicyclic) bond motifs is 1. The highest BCUT2D eigenvalue weighted by molar-refractivity contribution is 5.78. The molecule has 0 unspecified atom stereocenters. The number of benzene rings is 1. The molecule has 0 aromatic heterocycles. The molecule has 112 valence electrons. The van der Waals surface area contributed by atoms with Crippen molar-refractivity contribution in [1.29, 1.82) is 0 Å². The average molecular weight is 297 g/mol. The van der Waals surface area contributed by atoms with Crippen molar-refractivity contribution in [2.45, 2.75) is 19.2 Å². The van der Waals surface area contributed by atoms with Crippen molar-refractivity contribution in [3.63, 3.8) is 0 Å². The number of aliphatic imine (C=N–C) groups is 1. The zero-order valence-electron chi connectivity index (χ0n) is 11.2. The third-order valence-electron chi connectivity index (χ3n) is 2.97. The van der Waals surface area contributed by atoms with Crippen LogP contribution in [0.5, 0.6) is 5.75 Å². The molecule has 0 saturated carbocycles. The summed E-state index contributed by atoms with van der Waals surface area (Å²) < 4.78 is 44.7. The first kappa shape index (κ1) is 15.0. The van der Waals surface area contributed by atoms with Crippen molar-refractivity contribution in [3.05, 3.63) is 47.2 Å². The smallest absolute Gasteiger partial charge is 0.429 e. The third-order valence-corrected chi connectivity index (χ3v) is 2.97. The van der Waals surface area contributed by atoms with Crippen LogP contribution in [0, 0.1) is 6.92 Å². The van der Waals surface area contributed by atoms with Gasteiger partial charge in [-0.05, 0) is 18.6 Å². The van der Waals surface area contributed by atoms with Gasteiger partial charge in [0.1, 0.15) is 5.75 Å². The normalized spacial score (nSPS) is 17.3. The molecular weight excluding hydrogens is 283 g/mol. The number of ether oxygens (including phenoxy) is 1. The van der Waals surface area contributed by atoms with E-state index in [0.717, 1.165) is 0 Å². The van der Waals surface area contributed by atoms with Gasteiger partial charge in [0, 0.05) is 11.1 Å². The summed E-state index contributed by atoms with van der Waals surface area (Å²) in [6.45, 7) is 5.16. The summed E-state index contributed by atoms with van der Waals surface area (Å²) in [6.07, 6.45) is -5.41. The fraction of sp³-hybridized carbons (Fsp3) is 0.214. The number of aryl methyl sites for hydroxylation is 1. The Balaban J connectivity index is 2.56. The number of alkyl halides is 3. The Morgan fingerprint density at radius 1 is 1.33 bits per heavy atom. The number of guanidine groups is 1. The van der Waals surface area contributed by atoms with Crippen molar-refractivity contribution in [1.82, 2.24) is 0 Å². The van der Waals surface area contributed by atoms with Crippen LogP contribution in [0.25, 0.3) is 6.08 Å². The summed E-state index contributed by atoms with van der Waals surface area (Å²) >= 11 is 0. The van der Waals surface area contributed by atoms with E-state index in [1.165, 1.54) is 6.08 Å². The highest BCUT2D eigenvalue weighted by Crippen LogP contribution is 2.40. The Kier molecular flexibility index (Phi) is 3.67. The lowest BCUT2D eigenvalue weighted by Gasteiger charge is -2.29. The quantitative estimate of drug-likeness (QED) is 0.650. The van der Waals surface area contributed by atoms with Crippen LogP contribution in [-0.2, 0) is 0 Å². The standard InChI is InChI=1S/C14H14F3N3O/c1-7-4-3-5-9-6-10(8(2)20-13(18)19)12(14(15,16)17)21-11(7)9/h3-6,12H,2H2,1H3,(H4,18,19,20)/t12-/m0/s1. The van der Waals surface area contributed by atoms with Crippen LogP contribution >= 0.6 is 0 Å². The van der Waals surface area contributed by atoms with Gasteiger partial charge in [0.05, 0.1) is 5.70 Å². The van der Waals surface area contributed by atoms with Crippen LogP contribution in [0.2, 0.25) is 0 Å². The zero-order valence-corrected chi connectivity index (χ0v) is 11.2. The van der Waals surface area contributed by atoms with Gasteiger partial charge in [-0.3, -0.25) is 0 Å². The topological polar surface area (TPSA) is 73.6 Å². The summed E-state index contributed by atoms with van der Waals surface area (Å²) in [7, 11) is 0. The minimum atomic E-state index is -4.60. The Bertz CT molecular complexity index is 643. The van der Waals surface area contributed by atoms with E-state index < -0.39 is 12.3 Å². The van der Waals surface area contributed by atoms with Gasteiger partial charge in [0.2, 0.25) is 6.10 Å². The van der Waals surface area contributed by atoms with E-state index in [1.807, 2.05) is 0 Å². The van der Waals surface area contributed by atoms with Crippen molar-refractivity contribution < 1.29 is 17.9 Å². The van der Waals surface area contributed by atoms with Gasteiger partial charge in [-0.15, -0.1) is 0 Å². The first-order valence-electron chi connectivity index (χ1n) is 6.03. The lowest BCUT2D eigenvalue weighted by molar-refractivity contribution is -0.183. The molecule has 1 aromatic rings. The molecule has 21 heavy (non-hydrogen) atoms. The summed E-state index contributed by atoms with van der Waals surface area (Å²) in [5, 5.41) is 0. The molecule has 1 aliphatic heterocycles. The van der Waals surface area contributed by atoms with Crippen molar-refractivity contribution in [3.8, 4) is 5.75 Å². The molecular formula is C14H14F3N3O. The molecule has 0 radical (unpaired) electrons. The molecule has 0 amide bonds. The molecule has 1 aromatic carbocycles. The van der Waals surface area contributed by atoms with Gasteiger partial charge in [0.15, 0.2) is 5.96 Å². The van der Waals surface area contributed by atoms with E-state index in [4.69, 9.17) is 16.2 Å². The number of rotatable bonds is 2. The molecule has 0 spiro atoms. The van der Waals surface area contributed by atoms with Crippen LogP contribution in [0.3, 0.4) is 0 Å². The first-order chi connectivity index (χ1) is 9.70. The van der Waals surface area contributed by atoms with Gasteiger partial charge in [-0.25, -0.2) is 4.99 Å². The lowest BCUT2D eigenvalue weighted by atomic mass is 9.97. The Morgan fingerprint density at radius 2 is 2.00 bits per heavy atom. The summed E-state index contributed by atoms with van der Waals surface area (Å²) in [4.78, 5) is 3.59. The summed E-state index contributed by atoms with van der Waals surface area (Å²) in [6, 6.07) is 5.05. The predicted octanol–water partition coefficient (Wildman–Crippen LogP) is 2.49. The predicted molar refractivity (Wildman–Crippen MR) is 74.6 cm³/mol. The molecule has 1 atom stereocenters. The van der Waals surface area contributed by atoms with Crippen LogP contribution in [-0.4, -0.2) is 18.2 Å². The molecule has 1 heterocycles. The second-order valence-corrected chi connectivity index (χ2v) is 4.62. The van der Waals surface area contributed by atoms with Gasteiger partial charge < -0.3 is 16.2 Å². The molecule has 1 aliphatic rings. The van der Waals surface area contributed by atoms with E-state index in [9.17, 15) is 13.2 Å². The van der Waals surface area contributed by atoms with Crippen molar-refractivity contribution >= 4 is 12.0 Å². The molecule has 0 aliphatic carbocycles. The second-order valence-electron chi connectivity index (χ2n) is 4.62. The van der Waals surface area contributed by atoms with Crippen LogP contribution < -0.4 is 16.2 Å². The zero-order chi connectivity index (χ0) is 15.8. The molecule has 2 rings (SSSR count). The number of halogens is 3. The molecule has 4 N–H and O–H groups in total. The third kappa shape index (κ3) is 3.01. The van der Waals surface area contributed by atoms with Gasteiger partial charge in [-0.1, -0.05) is 24.8 Å². The summed E-state index contributed by atoms with van der Waals surface area (Å²) in [5.41, 5.74) is 11.1. The largest absolute Gasteiger partial charge is 0.475 e. The van der Waals surface area contributed by atoms with E-state index in [-0.39, 0.29) is 23.0 Å². The molecule has 7 heteroatoms. The van der Waals surface area contributed by atoms with E-state index in [0.29, 0.717) is 11.1 Å². The molecule has 4 nitrogen and oxygen atoms in total. The van der Waals surface area contributed by atoms with E-state index in [1.54, 1.807) is 25.1 Å². The van der Waals surface area contributed by atoms with Crippen LogP contribution in [0.1, 0.15) is 11.1 Å². The monoisotopic (exact) mass is 297 g/mol. The molecule has 0 fully saturated rings. The van der Waals surface area contributed by atoms with Gasteiger partial charge in [0.25, 0.3) is 0 Å². The number of hydrogen-bond donors (Lipinski definition) is 2. The maximum atomic E-state index is 13.2. The first-order valence-corrected chi connectivity index (χ1v) is 6.03. The minimum absolute atomic E-state index is 0.176. The Morgan fingerprint density at radius 3 is 2.57 bits per heavy atom. The number of para-hydroxylation sites is 1. The Hall–Kier alpha value is -2.44. The minimum Gasteiger partial charge on any atom is -0.475 e. The summed E-state index contributed by atoms with van der Waals surface area (Å²) in [5.74, 6) is -0.169.